The van der Waals surface area contributed by atoms with Gasteiger partial charge in [0.05, 0.1) is 18.1 Å². The maximum Gasteiger partial charge on any atom is 0.335 e. The summed E-state index contributed by atoms with van der Waals surface area (Å²) in [4.78, 5) is 15.4. The highest BCUT2D eigenvalue weighted by Gasteiger charge is 2.60. The van der Waals surface area contributed by atoms with E-state index in [1.807, 2.05) is 0 Å². The molecule has 1 N–H and O–H groups in total. The summed E-state index contributed by atoms with van der Waals surface area (Å²) in [6, 6.07) is 19.7. The minimum absolute atomic E-state index is 0.145. The average Bonchev–Trinajstić information content (AvgIpc) is 3.31. The van der Waals surface area contributed by atoms with Gasteiger partial charge in [0.15, 0.2) is 0 Å². The van der Waals surface area contributed by atoms with Crippen molar-refractivity contribution in [2.24, 2.45) is 5.92 Å². The number of hydrogen-bond donors (Lipinski definition) is 1. The van der Waals surface area contributed by atoms with Crippen LogP contribution in [0.5, 0.6) is 0 Å². The van der Waals surface area contributed by atoms with Crippen LogP contribution in [0, 0.1) is 5.92 Å². The Morgan fingerprint density at radius 3 is 2.69 bits per heavy atom. The minimum Gasteiger partial charge on any atom is -0.466 e. The number of likely N-dealkylation sites (tertiary alicyclic amines) is 1. The second kappa shape index (κ2) is 7.03. The summed E-state index contributed by atoms with van der Waals surface area (Å²) in [7, 11) is 1.49. The number of fused-ring (bicyclic) bond motifs is 1. The Kier molecular flexibility index (Phi) is 4.47. The number of carbonyl (C=O) groups excluding carboxylic acids is 1. The second-order valence-corrected chi connectivity index (χ2v) is 8.51. The number of hydrogen-bond acceptors (Lipinski definition) is 4. The summed E-state index contributed by atoms with van der Waals surface area (Å²) < 4.78 is 5.21. The maximum atomic E-state index is 12.7. The van der Waals surface area contributed by atoms with Crippen molar-refractivity contribution < 1.29 is 9.53 Å². The first-order valence-electron chi connectivity index (χ1n) is 10.7. The second-order valence-electron chi connectivity index (χ2n) is 8.51. The van der Waals surface area contributed by atoms with Gasteiger partial charge in [0.25, 0.3) is 0 Å². The Morgan fingerprint density at radius 2 is 1.93 bits per heavy atom. The topological polar surface area (TPSA) is 41.6 Å². The third kappa shape index (κ3) is 2.66. The van der Waals surface area contributed by atoms with E-state index in [9.17, 15) is 4.79 Å². The number of methoxy groups -OCH3 is 1. The third-order valence-corrected chi connectivity index (χ3v) is 7.20. The Bertz CT molecular complexity index is 968. The molecular weight excluding hydrogens is 360 g/mol. The molecule has 4 nitrogen and oxygen atoms in total. The van der Waals surface area contributed by atoms with Gasteiger partial charge in [-0.2, -0.15) is 0 Å². The van der Waals surface area contributed by atoms with Crippen LogP contribution in [0.4, 0.5) is 5.69 Å². The van der Waals surface area contributed by atoms with Gasteiger partial charge in [-0.25, -0.2) is 4.79 Å². The zero-order valence-corrected chi connectivity index (χ0v) is 17.2. The van der Waals surface area contributed by atoms with Crippen LogP contribution in [0.2, 0.25) is 0 Å². The molecule has 3 aliphatic rings. The quantitative estimate of drug-likeness (QED) is 0.784. The van der Waals surface area contributed by atoms with Gasteiger partial charge < -0.3 is 10.1 Å². The van der Waals surface area contributed by atoms with E-state index in [0.717, 1.165) is 49.3 Å². The van der Waals surface area contributed by atoms with Crippen LogP contribution in [-0.4, -0.2) is 30.6 Å². The Hall–Kier alpha value is -2.59. The molecule has 2 heterocycles. The lowest BCUT2D eigenvalue weighted by atomic mass is 9.63. The molecule has 0 aromatic heterocycles. The first kappa shape index (κ1) is 18.4. The molecule has 0 saturated carbocycles. The fourth-order valence-corrected chi connectivity index (χ4v) is 6.04. The minimum atomic E-state index is -0.182. The highest BCUT2D eigenvalue weighted by Crippen LogP contribution is 2.59. The predicted octanol–water partition coefficient (Wildman–Crippen LogP) is 4.48. The lowest BCUT2D eigenvalue weighted by molar-refractivity contribution is -0.136. The summed E-state index contributed by atoms with van der Waals surface area (Å²) in [6.07, 6.45) is 2.85. The SMILES string of the molecule is CC[C@@H]1CC(C(=O)OC)=C2Nc3ccccc3[C@@]23CCN(Cc2ccccc2)[C@@H]13. The van der Waals surface area contributed by atoms with Crippen molar-refractivity contribution in [3.63, 3.8) is 0 Å². The molecular formula is C25H28N2O2. The number of nitrogens with one attached hydrogen (secondary N) is 1. The molecule has 5 rings (SSSR count). The molecule has 4 heteroatoms. The van der Waals surface area contributed by atoms with E-state index >= 15 is 0 Å². The maximum absolute atomic E-state index is 12.7. The molecule has 0 bridgehead atoms. The zero-order chi connectivity index (χ0) is 20.0. The van der Waals surface area contributed by atoms with Crippen LogP contribution in [0.3, 0.4) is 0 Å². The van der Waals surface area contributed by atoms with Gasteiger partial charge in [-0.15, -0.1) is 0 Å². The lowest BCUT2D eigenvalue weighted by Crippen LogP contribution is -2.51. The highest BCUT2D eigenvalue weighted by molar-refractivity contribution is 5.92. The van der Waals surface area contributed by atoms with Gasteiger partial charge in [-0.3, -0.25) is 4.90 Å². The van der Waals surface area contributed by atoms with Crippen molar-refractivity contribution in [3.8, 4) is 0 Å². The molecule has 2 aliphatic heterocycles. The van der Waals surface area contributed by atoms with Crippen molar-refractivity contribution in [1.29, 1.82) is 0 Å². The van der Waals surface area contributed by atoms with Gasteiger partial charge in [-0.05, 0) is 36.0 Å². The van der Waals surface area contributed by atoms with Crippen molar-refractivity contribution >= 4 is 11.7 Å². The fraction of sp³-hybridized carbons (Fsp3) is 0.400. The van der Waals surface area contributed by atoms with E-state index in [1.54, 1.807) is 0 Å². The highest BCUT2D eigenvalue weighted by atomic mass is 16.5. The van der Waals surface area contributed by atoms with Crippen molar-refractivity contribution in [1.82, 2.24) is 4.90 Å². The molecule has 1 spiro atoms. The van der Waals surface area contributed by atoms with E-state index in [2.05, 4.69) is 71.7 Å². The number of esters is 1. The number of rotatable bonds is 4. The van der Waals surface area contributed by atoms with Gasteiger partial charge in [0.2, 0.25) is 0 Å². The number of carbonyl (C=O) groups is 1. The van der Waals surface area contributed by atoms with Crippen molar-refractivity contribution in [2.75, 3.05) is 19.0 Å². The molecule has 29 heavy (non-hydrogen) atoms. The first-order chi connectivity index (χ1) is 14.2. The van der Waals surface area contributed by atoms with E-state index in [-0.39, 0.29) is 11.4 Å². The van der Waals surface area contributed by atoms with E-state index < -0.39 is 0 Å². The zero-order valence-electron chi connectivity index (χ0n) is 17.2. The van der Waals surface area contributed by atoms with Crippen molar-refractivity contribution in [3.05, 3.63) is 77.0 Å². The smallest absolute Gasteiger partial charge is 0.335 e. The first-order valence-corrected chi connectivity index (χ1v) is 10.7. The van der Waals surface area contributed by atoms with Gasteiger partial charge >= 0.3 is 5.97 Å². The van der Waals surface area contributed by atoms with Gasteiger partial charge in [0.1, 0.15) is 0 Å². The van der Waals surface area contributed by atoms with Crippen LogP contribution < -0.4 is 5.32 Å². The largest absolute Gasteiger partial charge is 0.466 e. The molecule has 0 amide bonds. The Morgan fingerprint density at radius 1 is 1.17 bits per heavy atom. The molecule has 2 aromatic rings. The molecule has 1 aliphatic carbocycles. The van der Waals surface area contributed by atoms with Crippen LogP contribution in [-0.2, 0) is 21.5 Å². The van der Waals surface area contributed by atoms with E-state index in [4.69, 9.17) is 4.74 Å². The van der Waals surface area contributed by atoms with E-state index in [1.165, 1.54) is 18.2 Å². The molecule has 1 saturated heterocycles. The van der Waals surface area contributed by atoms with Crippen LogP contribution >= 0.6 is 0 Å². The predicted molar refractivity (Wildman–Crippen MR) is 114 cm³/mol. The molecule has 3 atom stereocenters. The normalized spacial score (nSPS) is 27.8. The summed E-state index contributed by atoms with van der Waals surface area (Å²) in [5, 5.41) is 3.65. The Labute approximate surface area is 172 Å². The standard InChI is InChI=1S/C25H28N2O2/c1-3-18-15-19(24(28)29-2)22-25(20-11-7-8-12-21(20)26-22)13-14-27(23(18)25)16-17-9-5-4-6-10-17/h4-12,18,23,26H,3,13-16H2,1-2H3/t18-,23+,25+/m1/s1. The molecule has 0 unspecified atom stereocenters. The van der Waals surface area contributed by atoms with Crippen LogP contribution in [0.15, 0.2) is 65.9 Å². The van der Waals surface area contributed by atoms with Crippen molar-refractivity contribution in [2.45, 2.75) is 44.2 Å². The van der Waals surface area contributed by atoms with Gasteiger partial charge in [-0.1, -0.05) is 61.9 Å². The summed E-state index contributed by atoms with van der Waals surface area (Å²) >= 11 is 0. The van der Waals surface area contributed by atoms with E-state index in [0.29, 0.717) is 12.0 Å². The third-order valence-electron chi connectivity index (χ3n) is 7.20. The summed E-state index contributed by atoms with van der Waals surface area (Å²) in [5.41, 5.74) is 5.63. The summed E-state index contributed by atoms with van der Waals surface area (Å²) in [6.45, 7) is 4.24. The monoisotopic (exact) mass is 388 g/mol. The molecule has 2 aromatic carbocycles. The van der Waals surface area contributed by atoms with Crippen LogP contribution in [0.1, 0.15) is 37.3 Å². The average molecular weight is 389 g/mol. The molecule has 150 valence electrons. The number of benzene rings is 2. The molecule has 0 radical (unpaired) electrons. The lowest BCUT2D eigenvalue weighted by Gasteiger charge is -2.45. The van der Waals surface area contributed by atoms with Crippen LogP contribution in [0.25, 0.3) is 0 Å². The summed E-state index contributed by atoms with van der Waals surface area (Å²) in [5.74, 6) is 0.241. The number of ether oxygens (including phenoxy) is 1. The number of nitrogens with zero attached hydrogens (tertiary/aromatic N) is 1. The van der Waals surface area contributed by atoms with Gasteiger partial charge in [0, 0.05) is 30.5 Å². The number of para-hydroxylation sites is 1. The molecule has 1 fully saturated rings. The fourth-order valence-electron chi connectivity index (χ4n) is 6.04. The Balaban J connectivity index is 1.65. The number of anilines is 1.